The fraction of sp³-hybridized carbons (Fsp3) is 0.500. The summed E-state index contributed by atoms with van der Waals surface area (Å²) in [4.78, 5) is 25.4. The lowest BCUT2D eigenvalue weighted by atomic mass is 10.1. The van der Waals surface area contributed by atoms with Gasteiger partial charge >= 0.3 is 0 Å². The number of carbonyl (C=O) groups excluding carboxylic acids is 2. The van der Waals surface area contributed by atoms with Crippen LogP contribution in [0.25, 0.3) is 0 Å². The molecule has 2 atom stereocenters. The molecule has 0 saturated carbocycles. The number of imide groups is 1. The average Bonchev–Trinajstić information content (AvgIpc) is 2.75. The zero-order valence-corrected chi connectivity index (χ0v) is 12.4. The van der Waals surface area contributed by atoms with E-state index in [0.29, 0.717) is 18.5 Å². The second-order valence-corrected chi connectivity index (χ2v) is 5.41. The SMILES string of the molecule is CCC(C)N1C(=O)CC(NCCc2ccccc2F)C1=O. The number of nitrogens with zero attached hydrogens (tertiary/aromatic N) is 1. The van der Waals surface area contributed by atoms with Gasteiger partial charge in [0.1, 0.15) is 5.82 Å². The molecule has 0 radical (unpaired) electrons. The van der Waals surface area contributed by atoms with Crippen LogP contribution >= 0.6 is 0 Å². The van der Waals surface area contributed by atoms with E-state index in [0.717, 1.165) is 6.42 Å². The third-order valence-corrected chi connectivity index (χ3v) is 3.96. The van der Waals surface area contributed by atoms with E-state index in [1.807, 2.05) is 13.8 Å². The molecule has 1 heterocycles. The summed E-state index contributed by atoms with van der Waals surface area (Å²) in [5.74, 6) is -0.532. The molecule has 21 heavy (non-hydrogen) atoms. The molecule has 1 aromatic carbocycles. The lowest BCUT2D eigenvalue weighted by Crippen LogP contribution is -2.43. The summed E-state index contributed by atoms with van der Waals surface area (Å²) < 4.78 is 13.5. The molecule has 2 unspecified atom stereocenters. The minimum absolute atomic E-state index is 0.0663. The predicted octanol–water partition coefficient (Wildman–Crippen LogP) is 1.88. The van der Waals surface area contributed by atoms with Crippen LogP contribution in [0.1, 0.15) is 32.3 Å². The highest BCUT2D eigenvalue weighted by molar-refractivity contribution is 6.05. The summed E-state index contributed by atoms with van der Waals surface area (Å²) in [6, 6.07) is 6.04. The summed E-state index contributed by atoms with van der Waals surface area (Å²) in [7, 11) is 0. The van der Waals surface area contributed by atoms with Crippen molar-refractivity contribution in [1.82, 2.24) is 10.2 Å². The van der Waals surface area contributed by atoms with Crippen molar-refractivity contribution in [2.75, 3.05) is 6.54 Å². The number of benzene rings is 1. The van der Waals surface area contributed by atoms with E-state index < -0.39 is 6.04 Å². The first-order chi connectivity index (χ1) is 10.0. The molecule has 1 fully saturated rings. The van der Waals surface area contributed by atoms with Gasteiger partial charge in [-0.1, -0.05) is 25.1 Å². The van der Waals surface area contributed by atoms with Gasteiger partial charge in [-0.05, 0) is 31.4 Å². The molecule has 1 saturated heterocycles. The Morgan fingerprint density at radius 2 is 2.10 bits per heavy atom. The quantitative estimate of drug-likeness (QED) is 0.815. The fourth-order valence-corrected chi connectivity index (χ4v) is 2.54. The maximum absolute atomic E-state index is 13.5. The molecule has 4 nitrogen and oxygen atoms in total. The van der Waals surface area contributed by atoms with Crippen molar-refractivity contribution in [1.29, 1.82) is 0 Å². The van der Waals surface area contributed by atoms with Gasteiger partial charge in [-0.25, -0.2) is 4.39 Å². The van der Waals surface area contributed by atoms with E-state index in [1.54, 1.807) is 18.2 Å². The number of carbonyl (C=O) groups is 2. The molecule has 0 spiro atoms. The van der Waals surface area contributed by atoms with Crippen LogP contribution in [-0.4, -0.2) is 35.3 Å². The molecule has 2 rings (SSSR count). The van der Waals surface area contributed by atoms with Crippen molar-refractivity contribution in [3.63, 3.8) is 0 Å². The highest BCUT2D eigenvalue weighted by Crippen LogP contribution is 2.18. The number of hydrogen-bond acceptors (Lipinski definition) is 3. The Kier molecular flexibility index (Phi) is 5.07. The molecular weight excluding hydrogens is 271 g/mol. The highest BCUT2D eigenvalue weighted by atomic mass is 19.1. The van der Waals surface area contributed by atoms with E-state index in [-0.39, 0.29) is 30.1 Å². The highest BCUT2D eigenvalue weighted by Gasteiger charge is 2.40. The Morgan fingerprint density at radius 1 is 1.38 bits per heavy atom. The molecule has 0 bridgehead atoms. The number of halogens is 1. The number of amides is 2. The van der Waals surface area contributed by atoms with E-state index in [9.17, 15) is 14.0 Å². The van der Waals surface area contributed by atoms with Gasteiger partial charge in [0.15, 0.2) is 0 Å². The lowest BCUT2D eigenvalue weighted by molar-refractivity contribution is -0.141. The molecular formula is C16H21FN2O2. The maximum Gasteiger partial charge on any atom is 0.247 e. The Labute approximate surface area is 124 Å². The second kappa shape index (κ2) is 6.80. The maximum atomic E-state index is 13.5. The molecule has 1 aliphatic heterocycles. The summed E-state index contributed by atoms with van der Waals surface area (Å²) in [5, 5.41) is 3.07. The summed E-state index contributed by atoms with van der Waals surface area (Å²) in [5.41, 5.74) is 0.612. The van der Waals surface area contributed by atoms with Crippen LogP contribution < -0.4 is 5.32 Å². The smallest absolute Gasteiger partial charge is 0.247 e. The van der Waals surface area contributed by atoms with Crippen LogP contribution in [0.3, 0.4) is 0 Å². The van der Waals surface area contributed by atoms with Crippen LogP contribution in [0.5, 0.6) is 0 Å². The van der Waals surface area contributed by atoms with Crippen LogP contribution in [0, 0.1) is 5.82 Å². The monoisotopic (exact) mass is 292 g/mol. The minimum Gasteiger partial charge on any atom is -0.305 e. The van der Waals surface area contributed by atoms with Crippen molar-refractivity contribution < 1.29 is 14.0 Å². The molecule has 0 aliphatic carbocycles. The van der Waals surface area contributed by atoms with E-state index >= 15 is 0 Å². The first kappa shape index (κ1) is 15.6. The minimum atomic E-state index is -0.474. The molecule has 114 valence electrons. The zero-order valence-electron chi connectivity index (χ0n) is 12.4. The topological polar surface area (TPSA) is 49.4 Å². The Hall–Kier alpha value is -1.75. The van der Waals surface area contributed by atoms with E-state index in [2.05, 4.69) is 5.32 Å². The predicted molar refractivity (Wildman–Crippen MR) is 78.1 cm³/mol. The van der Waals surface area contributed by atoms with Crippen LogP contribution in [0.2, 0.25) is 0 Å². The largest absolute Gasteiger partial charge is 0.305 e. The van der Waals surface area contributed by atoms with E-state index in [1.165, 1.54) is 11.0 Å². The Morgan fingerprint density at radius 3 is 2.76 bits per heavy atom. The van der Waals surface area contributed by atoms with E-state index in [4.69, 9.17) is 0 Å². The van der Waals surface area contributed by atoms with Gasteiger partial charge in [0, 0.05) is 12.6 Å². The van der Waals surface area contributed by atoms with Gasteiger partial charge in [-0.2, -0.15) is 0 Å². The first-order valence-electron chi connectivity index (χ1n) is 7.37. The summed E-state index contributed by atoms with van der Waals surface area (Å²) in [6.07, 6.45) is 1.44. The third-order valence-electron chi connectivity index (χ3n) is 3.96. The standard InChI is InChI=1S/C16H21FN2O2/c1-3-11(2)19-15(20)10-14(16(19)21)18-9-8-12-6-4-5-7-13(12)17/h4-7,11,14,18H,3,8-10H2,1-2H3. The van der Waals surface area contributed by atoms with Gasteiger partial charge in [0.05, 0.1) is 12.5 Å². The molecule has 5 heteroatoms. The molecule has 1 aliphatic rings. The van der Waals surface area contributed by atoms with Crippen molar-refractivity contribution in [2.24, 2.45) is 0 Å². The number of rotatable bonds is 6. The molecule has 1 N–H and O–H groups in total. The van der Waals surface area contributed by atoms with Gasteiger partial charge in [-0.3, -0.25) is 14.5 Å². The zero-order chi connectivity index (χ0) is 15.4. The first-order valence-corrected chi connectivity index (χ1v) is 7.37. The summed E-state index contributed by atoms with van der Waals surface area (Å²) >= 11 is 0. The Balaban J connectivity index is 1.89. The van der Waals surface area contributed by atoms with Gasteiger partial charge in [0.25, 0.3) is 0 Å². The number of hydrogen-bond donors (Lipinski definition) is 1. The molecule has 0 aromatic heterocycles. The second-order valence-electron chi connectivity index (χ2n) is 5.41. The Bertz CT molecular complexity index is 533. The van der Waals surface area contributed by atoms with Crippen LogP contribution in [0.15, 0.2) is 24.3 Å². The van der Waals surface area contributed by atoms with Gasteiger partial charge in [0.2, 0.25) is 11.8 Å². The van der Waals surface area contributed by atoms with Crippen molar-refractivity contribution in [3.8, 4) is 0 Å². The van der Waals surface area contributed by atoms with Crippen molar-refractivity contribution >= 4 is 11.8 Å². The fourth-order valence-electron chi connectivity index (χ4n) is 2.54. The van der Waals surface area contributed by atoms with Crippen LogP contribution in [0.4, 0.5) is 4.39 Å². The van der Waals surface area contributed by atoms with Crippen molar-refractivity contribution in [3.05, 3.63) is 35.6 Å². The van der Waals surface area contributed by atoms with Crippen molar-refractivity contribution in [2.45, 2.75) is 45.2 Å². The van der Waals surface area contributed by atoms with Gasteiger partial charge < -0.3 is 5.32 Å². The number of nitrogens with one attached hydrogen (secondary N) is 1. The normalized spacial score (nSPS) is 20.1. The van der Waals surface area contributed by atoms with Gasteiger partial charge in [-0.15, -0.1) is 0 Å². The molecule has 1 aromatic rings. The number of likely N-dealkylation sites (tertiary alicyclic amines) is 1. The third kappa shape index (κ3) is 3.47. The average molecular weight is 292 g/mol. The lowest BCUT2D eigenvalue weighted by Gasteiger charge is -2.21. The summed E-state index contributed by atoms with van der Waals surface area (Å²) in [6.45, 7) is 4.29. The van der Waals surface area contributed by atoms with Crippen LogP contribution in [-0.2, 0) is 16.0 Å². The molecule has 2 amide bonds.